The van der Waals surface area contributed by atoms with Crippen molar-refractivity contribution in [3.8, 4) is 5.75 Å². The maximum Gasteiger partial charge on any atom is 0.234 e. The largest absolute Gasteiger partial charge is 0.483 e. The first-order valence-electron chi connectivity index (χ1n) is 9.87. The minimum absolute atomic E-state index is 0.170. The molecule has 1 N–H and O–H groups in total. The van der Waals surface area contributed by atoms with E-state index >= 15 is 0 Å². The lowest BCUT2D eigenvalue weighted by molar-refractivity contribution is -0.113. The average Bonchev–Trinajstić information content (AvgIpc) is 3.17. The van der Waals surface area contributed by atoms with E-state index in [4.69, 9.17) is 4.74 Å². The molecule has 0 saturated heterocycles. The Balaban J connectivity index is 1.61. The zero-order valence-corrected chi connectivity index (χ0v) is 18.1. The lowest BCUT2D eigenvalue weighted by Gasteiger charge is -2.16. The number of halogens is 1. The van der Waals surface area contributed by atoms with Crippen LogP contribution in [0.25, 0.3) is 0 Å². The number of benzene rings is 2. The van der Waals surface area contributed by atoms with Crippen LogP contribution >= 0.6 is 11.8 Å². The first kappa shape index (κ1) is 21.8. The molecular formula is C22H25FN4O2S. The molecule has 0 unspecified atom stereocenters. The first-order chi connectivity index (χ1) is 14.5. The highest BCUT2D eigenvalue weighted by molar-refractivity contribution is 7.99. The van der Waals surface area contributed by atoms with Gasteiger partial charge in [0, 0.05) is 12.2 Å². The minimum atomic E-state index is -0.344. The molecule has 1 heterocycles. The van der Waals surface area contributed by atoms with Gasteiger partial charge in [-0.3, -0.25) is 4.79 Å². The number of anilines is 1. The molecule has 3 rings (SSSR count). The molecule has 30 heavy (non-hydrogen) atoms. The molecule has 8 heteroatoms. The summed E-state index contributed by atoms with van der Waals surface area (Å²) in [6, 6.07) is 13.7. The van der Waals surface area contributed by atoms with E-state index in [2.05, 4.69) is 22.4 Å². The van der Waals surface area contributed by atoms with E-state index in [1.807, 2.05) is 42.7 Å². The van der Waals surface area contributed by atoms with Crippen molar-refractivity contribution >= 4 is 23.4 Å². The third kappa shape index (κ3) is 5.60. The SMILES string of the molecule is CCc1ccc(O[C@@H](C)c2nnc(SCC(=O)Nc3ccc(F)cc3)n2CC)cc1. The number of hydrogen-bond acceptors (Lipinski definition) is 5. The van der Waals surface area contributed by atoms with Crippen molar-refractivity contribution in [2.45, 2.75) is 45.0 Å². The molecule has 1 aromatic heterocycles. The van der Waals surface area contributed by atoms with Crippen LogP contribution in [0.5, 0.6) is 5.75 Å². The van der Waals surface area contributed by atoms with E-state index in [0.29, 0.717) is 23.2 Å². The van der Waals surface area contributed by atoms with E-state index in [0.717, 1.165) is 12.2 Å². The van der Waals surface area contributed by atoms with Crippen LogP contribution in [0.1, 0.15) is 38.3 Å². The van der Waals surface area contributed by atoms with Crippen LogP contribution < -0.4 is 10.1 Å². The van der Waals surface area contributed by atoms with Gasteiger partial charge in [-0.2, -0.15) is 0 Å². The van der Waals surface area contributed by atoms with E-state index in [9.17, 15) is 9.18 Å². The highest BCUT2D eigenvalue weighted by Crippen LogP contribution is 2.25. The highest BCUT2D eigenvalue weighted by Gasteiger charge is 2.19. The summed E-state index contributed by atoms with van der Waals surface area (Å²) in [6.07, 6.45) is 0.697. The van der Waals surface area contributed by atoms with Crippen LogP contribution in [-0.4, -0.2) is 26.4 Å². The maximum absolute atomic E-state index is 13.0. The lowest BCUT2D eigenvalue weighted by Crippen LogP contribution is -2.15. The third-order valence-electron chi connectivity index (χ3n) is 4.53. The molecule has 0 aliphatic heterocycles. The Morgan fingerprint density at radius 3 is 2.47 bits per heavy atom. The molecule has 6 nitrogen and oxygen atoms in total. The molecule has 0 saturated carbocycles. The molecule has 0 aliphatic carbocycles. The Labute approximate surface area is 179 Å². The number of ether oxygens (including phenoxy) is 1. The van der Waals surface area contributed by atoms with Crippen molar-refractivity contribution in [1.29, 1.82) is 0 Å². The van der Waals surface area contributed by atoms with E-state index in [-0.39, 0.29) is 23.6 Å². The second-order valence-corrected chi connectivity index (χ2v) is 7.63. The summed E-state index contributed by atoms with van der Waals surface area (Å²) < 4.78 is 20.9. The van der Waals surface area contributed by atoms with Crippen LogP contribution in [0, 0.1) is 5.82 Å². The molecule has 3 aromatic rings. The minimum Gasteiger partial charge on any atom is -0.483 e. The average molecular weight is 429 g/mol. The molecule has 0 aliphatic rings. The monoisotopic (exact) mass is 428 g/mol. The van der Waals surface area contributed by atoms with Gasteiger partial charge in [-0.1, -0.05) is 30.8 Å². The zero-order valence-electron chi connectivity index (χ0n) is 17.3. The summed E-state index contributed by atoms with van der Waals surface area (Å²) in [5, 5.41) is 11.9. The molecule has 1 amide bonds. The van der Waals surface area contributed by atoms with Gasteiger partial charge in [0.1, 0.15) is 11.6 Å². The number of rotatable bonds is 9. The number of amides is 1. The van der Waals surface area contributed by atoms with Crippen molar-refractivity contribution < 1.29 is 13.9 Å². The summed E-state index contributed by atoms with van der Waals surface area (Å²) in [6.45, 7) is 6.70. The predicted molar refractivity (Wildman–Crippen MR) is 116 cm³/mol. The van der Waals surface area contributed by atoms with Crippen LogP contribution in [0.2, 0.25) is 0 Å². The van der Waals surface area contributed by atoms with Gasteiger partial charge < -0.3 is 14.6 Å². The van der Waals surface area contributed by atoms with E-state index in [1.165, 1.54) is 41.6 Å². The Kier molecular flexibility index (Phi) is 7.46. The summed E-state index contributed by atoms with van der Waals surface area (Å²) >= 11 is 1.30. The highest BCUT2D eigenvalue weighted by atomic mass is 32.2. The number of carbonyl (C=O) groups is 1. The van der Waals surface area contributed by atoms with Crippen LogP contribution in [-0.2, 0) is 17.8 Å². The van der Waals surface area contributed by atoms with Gasteiger partial charge >= 0.3 is 0 Å². The molecule has 158 valence electrons. The first-order valence-corrected chi connectivity index (χ1v) is 10.9. The number of nitrogens with zero attached hydrogens (tertiary/aromatic N) is 3. The number of thioether (sulfide) groups is 1. The van der Waals surface area contributed by atoms with Crippen LogP contribution in [0.15, 0.2) is 53.7 Å². The smallest absolute Gasteiger partial charge is 0.234 e. The molecular weight excluding hydrogens is 403 g/mol. The van der Waals surface area contributed by atoms with Gasteiger partial charge in [0.2, 0.25) is 5.91 Å². The Hall–Kier alpha value is -2.87. The Morgan fingerprint density at radius 1 is 1.13 bits per heavy atom. The van der Waals surface area contributed by atoms with Crippen molar-refractivity contribution in [3.05, 3.63) is 65.7 Å². The molecule has 0 radical (unpaired) electrons. The Morgan fingerprint density at radius 2 is 1.83 bits per heavy atom. The number of hydrogen-bond donors (Lipinski definition) is 1. The van der Waals surface area contributed by atoms with Crippen molar-refractivity contribution in [2.24, 2.45) is 0 Å². The quantitative estimate of drug-likeness (QED) is 0.493. The molecule has 0 fully saturated rings. The third-order valence-corrected chi connectivity index (χ3v) is 5.50. The maximum atomic E-state index is 13.0. The summed E-state index contributed by atoms with van der Waals surface area (Å²) in [4.78, 5) is 12.2. The number of aromatic nitrogens is 3. The van der Waals surface area contributed by atoms with Gasteiger partial charge in [0.05, 0.1) is 5.75 Å². The lowest BCUT2D eigenvalue weighted by atomic mass is 10.2. The second-order valence-electron chi connectivity index (χ2n) is 6.69. The molecule has 2 aromatic carbocycles. The number of aryl methyl sites for hydroxylation is 1. The van der Waals surface area contributed by atoms with Gasteiger partial charge in [-0.25, -0.2) is 4.39 Å². The fraction of sp³-hybridized carbons (Fsp3) is 0.318. The summed E-state index contributed by atoms with van der Waals surface area (Å²) in [7, 11) is 0. The van der Waals surface area contributed by atoms with Crippen LogP contribution in [0.3, 0.4) is 0 Å². The van der Waals surface area contributed by atoms with Crippen molar-refractivity contribution in [1.82, 2.24) is 14.8 Å². The fourth-order valence-electron chi connectivity index (χ4n) is 2.93. The molecule has 0 spiro atoms. The predicted octanol–water partition coefficient (Wildman–Crippen LogP) is 4.87. The zero-order chi connectivity index (χ0) is 21.5. The normalized spacial score (nSPS) is 11.9. The van der Waals surface area contributed by atoms with E-state index in [1.54, 1.807) is 0 Å². The van der Waals surface area contributed by atoms with E-state index < -0.39 is 0 Å². The Bertz CT molecular complexity index is 974. The molecule has 0 bridgehead atoms. The van der Waals surface area contributed by atoms with Gasteiger partial charge in [-0.05, 0) is 62.2 Å². The van der Waals surface area contributed by atoms with Gasteiger partial charge in [0.15, 0.2) is 17.1 Å². The standard InChI is InChI=1S/C22H25FN4O2S/c1-4-16-6-12-19(13-7-16)29-15(3)21-25-26-22(27(21)5-2)30-14-20(28)24-18-10-8-17(23)9-11-18/h6-13,15H,4-5,14H2,1-3H3,(H,24,28)/t15-/m0/s1. The van der Waals surface area contributed by atoms with Gasteiger partial charge in [-0.15, -0.1) is 10.2 Å². The summed E-state index contributed by atoms with van der Waals surface area (Å²) in [5.74, 6) is 1.11. The summed E-state index contributed by atoms with van der Waals surface area (Å²) in [5.41, 5.74) is 1.81. The fourth-order valence-corrected chi connectivity index (χ4v) is 3.74. The van der Waals surface area contributed by atoms with Gasteiger partial charge in [0.25, 0.3) is 0 Å². The number of nitrogens with one attached hydrogen (secondary N) is 1. The number of carbonyl (C=O) groups excluding carboxylic acids is 1. The molecule has 1 atom stereocenters. The topological polar surface area (TPSA) is 69.0 Å². The second kappa shape index (κ2) is 10.2. The van der Waals surface area contributed by atoms with Crippen molar-refractivity contribution in [2.75, 3.05) is 11.1 Å². The van der Waals surface area contributed by atoms with Crippen molar-refractivity contribution in [3.63, 3.8) is 0 Å². The van der Waals surface area contributed by atoms with Crippen LogP contribution in [0.4, 0.5) is 10.1 Å².